The minimum Gasteiger partial charge on any atom is -0.239 e. The van der Waals surface area contributed by atoms with E-state index in [0.29, 0.717) is 0 Å². The van der Waals surface area contributed by atoms with Crippen LogP contribution in [0, 0.1) is 5.92 Å². The Labute approximate surface area is 63.1 Å². The van der Waals surface area contributed by atoms with E-state index in [1.165, 1.54) is 6.08 Å². The van der Waals surface area contributed by atoms with E-state index in [-0.39, 0.29) is 5.92 Å². The molecule has 0 N–H and O–H groups in total. The van der Waals surface area contributed by atoms with E-state index in [1.807, 2.05) is 6.92 Å². The quantitative estimate of drug-likeness (QED) is 0.531. The van der Waals surface area contributed by atoms with Crippen LogP contribution in [0.3, 0.4) is 0 Å². The van der Waals surface area contributed by atoms with Crippen LogP contribution in [-0.4, -0.2) is 5.67 Å². The monoisotopic (exact) mass is 144 g/mol. The average Bonchev–Trinajstić information content (AvgIpc) is 1.89. The van der Waals surface area contributed by atoms with Crippen molar-refractivity contribution < 1.29 is 4.39 Å². The Morgan fingerprint density at radius 1 is 1.70 bits per heavy atom. The third-order valence-corrected chi connectivity index (χ3v) is 2.08. The number of rotatable bonds is 4. The molecular weight excluding hydrogens is 127 g/mol. The Kier molecular flexibility index (Phi) is 3.62. The third-order valence-electron chi connectivity index (χ3n) is 2.08. The van der Waals surface area contributed by atoms with Gasteiger partial charge in [0, 0.05) is 0 Å². The van der Waals surface area contributed by atoms with E-state index >= 15 is 0 Å². The molecule has 60 valence electrons. The zero-order valence-electron chi connectivity index (χ0n) is 7.15. The topological polar surface area (TPSA) is 0 Å². The summed E-state index contributed by atoms with van der Waals surface area (Å²) in [5, 5.41) is 0. The van der Waals surface area contributed by atoms with E-state index in [9.17, 15) is 4.39 Å². The minimum absolute atomic E-state index is 0.0926. The Hall–Kier alpha value is -0.330. The van der Waals surface area contributed by atoms with Gasteiger partial charge in [-0.2, -0.15) is 0 Å². The molecule has 0 aromatic carbocycles. The van der Waals surface area contributed by atoms with Crippen LogP contribution in [-0.2, 0) is 0 Å². The molecule has 2 unspecified atom stereocenters. The van der Waals surface area contributed by atoms with E-state index in [0.717, 1.165) is 12.8 Å². The van der Waals surface area contributed by atoms with Crippen molar-refractivity contribution in [1.82, 2.24) is 0 Å². The van der Waals surface area contributed by atoms with Crippen molar-refractivity contribution in [2.75, 3.05) is 0 Å². The van der Waals surface area contributed by atoms with Crippen LogP contribution < -0.4 is 0 Å². The van der Waals surface area contributed by atoms with Gasteiger partial charge < -0.3 is 0 Å². The van der Waals surface area contributed by atoms with Gasteiger partial charge in [-0.3, -0.25) is 0 Å². The fraction of sp³-hybridized carbons (Fsp3) is 0.778. The van der Waals surface area contributed by atoms with Gasteiger partial charge in [-0.15, -0.1) is 0 Å². The lowest BCUT2D eigenvalue weighted by atomic mass is 9.89. The van der Waals surface area contributed by atoms with Gasteiger partial charge in [0.25, 0.3) is 0 Å². The van der Waals surface area contributed by atoms with Crippen molar-refractivity contribution in [3.63, 3.8) is 0 Å². The molecule has 0 heterocycles. The van der Waals surface area contributed by atoms with Crippen LogP contribution in [0.5, 0.6) is 0 Å². The summed E-state index contributed by atoms with van der Waals surface area (Å²) in [5.74, 6) is 0.0926. The third kappa shape index (κ3) is 2.51. The standard InChI is InChI=1S/C9H17F/c1-5-7-8(3)9(4,10)6-2/h6,8H,2,5,7H2,1,3-4H3. The van der Waals surface area contributed by atoms with Crippen molar-refractivity contribution >= 4 is 0 Å². The van der Waals surface area contributed by atoms with Crippen LogP contribution in [0.4, 0.5) is 4.39 Å². The Balaban J connectivity index is 3.90. The Bertz CT molecular complexity index is 105. The van der Waals surface area contributed by atoms with Crippen LogP contribution in [0.2, 0.25) is 0 Å². The van der Waals surface area contributed by atoms with Crippen molar-refractivity contribution in [2.24, 2.45) is 5.92 Å². The van der Waals surface area contributed by atoms with E-state index in [4.69, 9.17) is 0 Å². The lowest BCUT2D eigenvalue weighted by Gasteiger charge is -2.23. The first-order valence-corrected chi connectivity index (χ1v) is 3.87. The predicted molar refractivity (Wildman–Crippen MR) is 43.8 cm³/mol. The molecule has 0 saturated carbocycles. The summed E-state index contributed by atoms with van der Waals surface area (Å²) in [6, 6.07) is 0. The average molecular weight is 144 g/mol. The molecule has 0 aromatic rings. The molecule has 0 radical (unpaired) electrons. The van der Waals surface area contributed by atoms with Crippen LogP contribution in [0.1, 0.15) is 33.6 Å². The van der Waals surface area contributed by atoms with Crippen molar-refractivity contribution in [3.8, 4) is 0 Å². The molecule has 0 amide bonds. The molecule has 0 fully saturated rings. The number of halogens is 1. The van der Waals surface area contributed by atoms with Crippen molar-refractivity contribution in [2.45, 2.75) is 39.3 Å². The Morgan fingerprint density at radius 2 is 2.20 bits per heavy atom. The molecule has 10 heavy (non-hydrogen) atoms. The highest BCUT2D eigenvalue weighted by atomic mass is 19.1. The van der Waals surface area contributed by atoms with Gasteiger partial charge >= 0.3 is 0 Å². The molecule has 0 aliphatic heterocycles. The second kappa shape index (κ2) is 3.75. The van der Waals surface area contributed by atoms with E-state index in [1.54, 1.807) is 6.92 Å². The number of hydrogen-bond donors (Lipinski definition) is 0. The van der Waals surface area contributed by atoms with Crippen molar-refractivity contribution in [3.05, 3.63) is 12.7 Å². The molecule has 1 heteroatoms. The van der Waals surface area contributed by atoms with Gasteiger partial charge in [0.05, 0.1) is 0 Å². The smallest absolute Gasteiger partial charge is 0.128 e. The number of hydrogen-bond acceptors (Lipinski definition) is 0. The highest BCUT2D eigenvalue weighted by molar-refractivity contribution is 4.95. The lowest BCUT2D eigenvalue weighted by Crippen LogP contribution is -2.24. The summed E-state index contributed by atoms with van der Waals surface area (Å²) in [5.41, 5.74) is -1.18. The summed E-state index contributed by atoms with van der Waals surface area (Å²) in [6.07, 6.45) is 3.36. The van der Waals surface area contributed by atoms with Gasteiger partial charge in [0.15, 0.2) is 0 Å². The van der Waals surface area contributed by atoms with Crippen LogP contribution in [0.25, 0.3) is 0 Å². The molecule has 2 atom stereocenters. The fourth-order valence-corrected chi connectivity index (χ4v) is 0.916. The summed E-state index contributed by atoms with van der Waals surface area (Å²) in [6.45, 7) is 9.03. The zero-order valence-corrected chi connectivity index (χ0v) is 7.15. The summed E-state index contributed by atoms with van der Waals surface area (Å²) >= 11 is 0. The normalized spacial score (nSPS) is 19.6. The highest BCUT2D eigenvalue weighted by Crippen LogP contribution is 2.26. The molecule has 0 aliphatic carbocycles. The Morgan fingerprint density at radius 3 is 2.50 bits per heavy atom. The summed E-state index contributed by atoms with van der Waals surface area (Å²) in [7, 11) is 0. The highest BCUT2D eigenvalue weighted by Gasteiger charge is 2.25. The first kappa shape index (κ1) is 9.67. The molecule has 0 spiro atoms. The van der Waals surface area contributed by atoms with Gasteiger partial charge in [-0.25, -0.2) is 4.39 Å². The van der Waals surface area contributed by atoms with Crippen LogP contribution >= 0.6 is 0 Å². The molecule has 0 saturated heterocycles. The maximum atomic E-state index is 13.3. The van der Waals surface area contributed by atoms with Crippen LogP contribution in [0.15, 0.2) is 12.7 Å². The van der Waals surface area contributed by atoms with Gasteiger partial charge in [0.1, 0.15) is 5.67 Å². The van der Waals surface area contributed by atoms with Gasteiger partial charge in [-0.1, -0.05) is 32.9 Å². The second-order valence-electron chi connectivity index (χ2n) is 3.05. The van der Waals surface area contributed by atoms with Crippen molar-refractivity contribution in [1.29, 1.82) is 0 Å². The SMILES string of the molecule is C=CC(C)(F)C(C)CCC. The van der Waals surface area contributed by atoms with Gasteiger partial charge in [0.2, 0.25) is 0 Å². The number of allylic oxidation sites excluding steroid dienone is 1. The first-order chi connectivity index (χ1) is 4.54. The molecule has 0 bridgehead atoms. The molecular formula is C9H17F. The first-order valence-electron chi connectivity index (χ1n) is 3.87. The van der Waals surface area contributed by atoms with Gasteiger partial charge in [-0.05, 0) is 19.3 Å². The molecule has 0 aliphatic rings. The maximum absolute atomic E-state index is 13.3. The second-order valence-corrected chi connectivity index (χ2v) is 3.05. The molecule has 0 nitrogen and oxygen atoms in total. The largest absolute Gasteiger partial charge is 0.239 e. The molecule has 0 rings (SSSR count). The van der Waals surface area contributed by atoms with E-state index in [2.05, 4.69) is 13.5 Å². The fourth-order valence-electron chi connectivity index (χ4n) is 0.916. The summed E-state index contributed by atoms with van der Waals surface area (Å²) in [4.78, 5) is 0. The molecule has 0 aromatic heterocycles. The zero-order chi connectivity index (χ0) is 8.20. The van der Waals surface area contributed by atoms with E-state index < -0.39 is 5.67 Å². The minimum atomic E-state index is -1.18. The maximum Gasteiger partial charge on any atom is 0.128 e. The number of alkyl halides is 1. The summed E-state index contributed by atoms with van der Waals surface area (Å²) < 4.78 is 13.3. The lowest BCUT2D eigenvalue weighted by molar-refractivity contribution is 0.163. The predicted octanol–water partition coefficient (Wildman–Crippen LogP) is 3.34.